The molecule has 0 bridgehead atoms. The Morgan fingerprint density at radius 1 is 1.43 bits per heavy atom. The third-order valence-electron chi connectivity index (χ3n) is 2.23. The van der Waals surface area contributed by atoms with Gasteiger partial charge in [-0.3, -0.25) is 4.79 Å². The van der Waals surface area contributed by atoms with Crippen LogP contribution in [0, 0.1) is 12.7 Å². The number of benzene rings is 1. The molecule has 0 aliphatic carbocycles. The van der Waals surface area contributed by atoms with E-state index in [9.17, 15) is 9.18 Å². The van der Waals surface area contributed by atoms with E-state index in [2.05, 4.69) is 4.98 Å². The Hall–Kier alpha value is -1.84. The van der Waals surface area contributed by atoms with Gasteiger partial charge in [-0.05, 0) is 19.1 Å². The summed E-state index contributed by atoms with van der Waals surface area (Å²) in [5.41, 5.74) is 6.15. The molecule has 1 aromatic carbocycles. The minimum absolute atomic E-state index is 0.203. The van der Waals surface area contributed by atoms with Crippen molar-refractivity contribution in [3.63, 3.8) is 0 Å². The van der Waals surface area contributed by atoms with Crippen LogP contribution >= 0.6 is 0 Å². The first-order chi connectivity index (χ1) is 6.61. The smallest absolute Gasteiger partial charge is 0.256 e. The molecule has 1 heterocycles. The van der Waals surface area contributed by atoms with Gasteiger partial charge in [0.1, 0.15) is 5.82 Å². The Labute approximate surface area is 79.4 Å². The van der Waals surface area contributed by atoms with Crippen LogP contribution in [0.1, 0.15) is 5.69 Å². The van der Waals surface area contributed by atoms with Gasteiger partial charge in [-0.2, -0.15) is 0 Å². The molecule has 0 aliphatic heterocycles. The summed E-state index contributed by atoms with van der Waals surface area (Å²) in [6.45, 7) is 1.64. The highest BCUT2D eigenvalue weighted by Crippen LogP contribution is 2.22. The average molecular weight is 192 g/mol. The zero-order valence-electron chi connectivity index (χ0n) is 7.60. The van der Waals surface area contributed by atoms with Gasteiger partial charge in [0.05, 0.1) is 11.1 Å². The molecule has 0 spiro atoms. The molecule has 0 saturated carbocycles. The van der Waals surface area contributed by atoms with Crippen LogP contribution in [0.5, 0.6) is 0 Å². The first-order valence-corrected chi connectivity index (χ1v) is 4.18. The van der Waals surface area contributed by atoms with E-state index in [4.69, 9.17) is 5.73 Å². The van der Waals surface area contributed by atoms with Crippen molar-refractivity contribution in [3.05, 3.63) is 40.1 Å². The number of nitrogen functional groups attached to an aromatic ring is 1. The van der Waals surface area contributed by atoms with Gasteiger partial charge in [0, 0.05) is 11.1 Å². The average Bonchev–Trinajstić information content (AvgIpc) is 2.14. The maximum absolute atomic E-state index is 13.4. The lowest BCUT2D eigenvalue weighted by molar-refractivity contribution is 0.640. The van der Waals surface area contributed by atoms with Crippen LogP contribution in [0.15, 0.2) is 23.0 Å². The molecule has 72 valence electrons. The number of H-pyrrole nitrogens is 1. The highest BCUT2D eigenvalue weighted by Gasteiger charge is 2.09. The van der Waals surface area contributed by atoms with Crippen molar-refractivity contribution < 1.29 is 4.39 Å². The second-order valence-electron chi connectivity index (χ2n) is 3.16. The summed E-state index contributed by atoms with van der Waals surface area (Å²) >= 11 is 0. The molecule has 0 saturated heterocycles. The van der Waals surface area contributed by atoms with Gasteiger partial charge in [-0.15, -0.1) is 0 Å². The number of anilines is 1. The van der Waals surface area contributed by atoms with E-state index >= 15 is 0 Å². The lowest BCUT2D eigenvalue weighted by atomic mass is 10.1. The van der Waals surface area contributed by atoms with Gasteiger partial charge in [-0.1, -0.05) is 6.07 Å². The molecule has 2 rings (SSSR count). The second-order valence-corrected chi connectivity index (χ2v) is 3.16. The highest BCUT2D eigenvalue weighted by molar-refractivity contribution is 5.93. The molecule has 4 heteroatoms. The molecule has 0 radical (unpaired) electrons. The maximum Gasteiger partial charge on any atom is 0.256 e. The number of pyridine rings is 1. The number of aromatic nitrogens is 1. The first-order valence-electron chi connectivity index (χ1n) is 4.18. The number of halogens is 1. The molecule has 0 amide bonds. The van der Waals surface area contributed by atoms with Crippen molar-refractivity contribution in [2.45, 2.75) is 6.92 Å². The van der Waals surface area contributed by atoms with Crippen LogP contribution in [-0.2, 0) is 0 Å². The fourth-order valence-corrected chi connectivity index (χ4v) is 1.48. The van der Waals surface area contributed by atoms with E-state index in [0.29, 0.717) is 5.69 Å². The summed E-state index contributed by atoms with van der Waals surface area (Å²) in [6.07, 6.45) is 0. The minimum atomic E-state index is -0.464. The van der Waals surface area contributed by atoms with Crippen molar-refractivity contribution in [1.82, 2.24) is 4.98 Å². The van der Waals surface area contributed by atoms with E-state index < -0.39 is 5.82 Å². The zero-order chi connectivity index (χ0) is 10.3. The summed E-state index contributed by atoms with van der Waals surface area (Å²) in [7, 11) is 0. The van der Waals surface area contributed by atoms with Gasteiger partial charge in [0.2, 0.25) is 0 Å². The van der Waals surface area contributed by atoms with Gasteiger partial charge >= 0.3 is 0 Å². The van der Waals surface area contributed by atoms with Gasteiger partial charge in [-0.25, -0.2) is 4.39 Å². The maximum atomic E-state index is 13.4. The number of nitrogens with two attached hydrogens (primary N) is 1. The molecule has 3 nitrogen and oxygen atoms in total. The second kappa shape index (κ2) is 2.83. The Morgan fingerprint density at radius 2 is 2.14 bits per heavy atom. The zero-order valence-corrected chi connectivity index (χ0v) is 7.60. The van der Waals surface area contributed by atoms with E-state index in [1.165, 1.54) is 12.1 Å². The Morgan fingerprint density at radius 3 is 2.86 bits per heavy atom. The largest absolute Gasteiger partial charge is 0.397 e. The fraction of sp³-hybridized carbons (Fsp3) is 0.100. The van der Waals surface area contributed by atoms with Crippen LogP contribution in [0.4, 0.5) is 10.1 Å². The van der Waals surface area contributed by atoms with Crippen LogP contribution < -0.4 is 11.3 Å². The topological polar surface area (TPSA) is 58.9 Å². The molecule has 0 fully saturated rings. The van der Waals surface area contributed by atoms with Crippen molar-refractivity contribution in [2.24, 2.45) is 0 Å². The van der Waals surface area contributed by atoms with Crippen molar-refractivity contribution in [3.8, 4) is 0 Å². The number of rotatable bonds is 0. The SMILES string of the molecule is Cc1[nH]c(=O)c2cccc(F)c2c1N. The van der Waals surface area contributed by atoms with Crippen molar-refractivity contribution in [2.75, 3.05) is 5.73 Å². The molecule has 14 heavy (non-hydrogen) atoms. The van der Waals surface area contributed by atoms with Gasteiger partial charge < -0.3 is 10.7 Å². The first kappa shape index (κ1) is 8.74. The van der Waals surface area contributed by atoms with E-state index in [0.717, 1.165) is 0 Å². The fourth-order valence-electron chi connectivity index (χ4n) is 1.48. The number of aromatic amines is 1. The normalized spacial score (nSPS) is 10.7. The van der Waals surface area contributed by atoms with Gasteiger partial charge in [0.15, 0.2) is 0 Å². The Kier molecular flexibility index (Phi) is 1.77. The van der Waals surface area contributed by atoms with E-state index in [1.54, 1.807) is 13.0 Å². The third-order valence-corrected chi connectivity index (χ3v) is 2.23. The predicted molar refractivity (Wildman–Crippen MR) is 53.7 cm³/mol. The standard InChI is InChI=1S/C10H9FN2O/c1-5-9(12)8-6(10(14)13-5)3-2-4-7(8)11/h2-4H,12H2,1H3,(H,13,14). The molecular weight excluding hydrogens is 183 g/mol. The summed E-state index contributed by atoms with van der Waals surface area (Å²) in [6, 6.07) is 4.33. The Bertz CT molecular complexity index is 560. The molecule has 1 aromatic heterocycles. The van der Waals surface area contributed by atoms with E-state index in [1.807, 2.05) is 0 Å². The van der Waals surface area contributed by atoms with Crippen LogP contribution in [-0.4, -0.2) is 4.98 Å². The summed E-state index contributed by atoms with van der Waals surface area (Å²) in [5.74, 6) is -0.464. The lowest BCUT2D eigenvalue weighted by Gasteiger charge is -2.05. The number of nitrogens with one attached hydrogen (secondary N) is 1. The minimum Gasteiger partial charge on any atom is -0.397 e. The van der Waals surface area contributed by atoms with Crippen LogP contribution in [0.25, 0.3) is 10.8 Å². The Balaban J connectivity index is 3.11. The van der Waals surface area contributed by atoms with Gasteiger partial charge in [0.25, 0.3) is 5.56 Å². The number of fused-ring (bicyclic) bond motifs is 1. The highest BCUT2D eigenvalue weighted by atomic mass is 19.1. The monoisotopic (exact) mass is 192 g/mol. The quantitative estimate of drug-likeness (QED) is 0.665. The molecular formula is C10H9FN2O. The van der Waals surface area contributed by atoms with E-state index in [-0.39, 0.29) is 22.0 Å². The molecule has 3 N–H and O–H groups in total. The number of aryl methyl sites for hydroxylation is 1. The molecule has 2 aromatic rings. The molecule has 0 atom stereocenters. The number of hydrogen-bond donors (Lipinski definition) is 2. The van der Waals surface area contributed by atoms with Crippen molar-refractivity contribution in [1.29, 1.82) is 0 Å². The summed E-state index contributed by atoms with van der Waals surface area (Å²) < 4.78 is 13.4. The predicted octanol–water partition coefficient (Wildman–Crippen LogP) is 1.56. The number of hydrogen-bond acceptors (Lipinski definition) is 2. The molecule has 0 aliphatic rings. The van der Waals surface area contributed by atoms with Crippen LogP contribution in [0.3, 0.4) is 0 Å². The third kappa shape index (κ3) is 1.08. The summed E-state index contributed by atoms with van der Waals surface area (Å²) in [5, 5.41) is 0.488. The molecule has 0 unspecified atom stereocenters. The van der Waals surface area contributed by atoms with Crippen molar-refractivity contribution >= 4 is 16.5 Å². The lowest BCUT2D eigenvalue weighted by Crippen LogP contribution is -2.11. The summed E-state index contributed by atoms with van der Waals surface area (Å²) in [4.78, 5) is 14.0. The van der Waals surface area contributed by atoms with Crippen LogP contribution in [0.2, 0.25) is 0 Å².